The van der Waals surface area contributed by atoms with E-state index >= 15 is 0 Å². The molecule has 0 N–H and O–H groups in total. The molecule has 0 bridgehead atoms. The van der Waals surface area contributed by atoms with Crippen LogP contribution in [0.3, 0.4) is 0 Å². The highest BCUT2D eigenvalue weighted by Crippen LogP contribution is 2.20. The SMILES string of the molecule is COC(=O)Cc1csc(N(C)CCc2cccs2)n1. The van der Waals surface area contributed by atoms with Crippen LogP contribution < -0.4 is 4.90 Å². The molecular weight excluding hydrogens is 280 g/mol. The van der Waals surface area contributed by atoms with Crippen LogP contribution in [0, 0.1) is 0 Å². The van der Waals surface area contributed by atoms with E-state index in [4.69, 9.17) is 0 Å². The number of hydrogen-bond donors (Lipinski definition) is 0. The van der Waals surface area contributed by atoms with E-state index in [0.717, 1.165) is 23.8 Å². The van der Waals surface area contributed by atoms with Crippen LogP contribution in [0.15, 0.2) is 22.9 Å². The third-order valence-electron chi connectivity index (χ3n) is 2.69. The zero-order valence-electron chi connectivity index (χ0n) is 11.0. The largest absolute Gasteiger partial charge is 0.469 e. The van der Waals surface area contributed by atoms with Crippen molar-refractivity contribution in [2.45, 2.75) is 12.8 Å². The summed E-state index contributed by atoms with van der Waals surface area (Å²) in [7, 11) is 3.41. The number of thiophene rings is 1. The zero-order valence-corrected chi connectivity index (χ0v) is 12.6. The Morgan fingerprint density at radius 1 is 1.47 bits per heavy atom. The van der Waals surface area contributed by atoms with Crippen LogP contribution in [0.1, 0.15) is 10.6 Å². The van der Waals surface area contributed by atoms with Crippen LogP contribution in [-0.4, -0.2) is 31.7 Å². The van der Waals surface area contributed by atoms with Crippen LogP contribution in [0.25, 0.3) is 0 Å². The lowest BCUT2D eigenvalue weighted by molar-refractivity contribution is -0.139. The standard InChI is InChI=1S/C13H16N2O2S2/c1-15(6-5-11-4-3-7-18-11)13-14-10(9-19-13)8-12(16)17-2/h3-4,7,9H,5-6,8H2,1-2H3. The highest BCUT2D eigenvalue weighted by Gasteiger charge is 2.10. The predicted octanol–water partition coefficient (Wildman–Crippen LogP) is 2.60. The minimum Gasteiger partial charge on any atom is -0.469 e. The molecule has 0 aromatic carbocycles. The van der Waals surface area contributed by atoms with Crippen molar-refractivity contribution in [1.82, 2.24) is 4.98 Å². The molecule has 102 valence electrons. The molecule has 0 spiro atoms. The molecule has 4 nitrogen and oxygen atoms in total. The highest BCUT2D eigenvalue weighted by atomic mass is 32.1. The number of nitrogens with zero attached hydrogens (tertiary/aromatic N) is 2. The molecule has 0 saturated carbocycles. The van der Waals surface area contributed by atoms with Gasteiger partial charge >= 0.3 is 5.97 Å². The fourth-order valence-electron chi connectivity index (χ4n) is 1.60. The maximum absolute atomic E-state index is 11.2. The number of anilines is 1. The van der Waals surface area contributed by atoms with E-state index in [-0.39, 0.29) is 12.4 Å². The smallest absolute Gasteiger partial charge is 0.311 e. The van der Waals surface area contributed by atoms with Gasteiger partial charge in [-0.1, -0.05) is 6.07 Å². The molecule has 2 rings (SSSR count). The van der Waals surface area contributed by atoms with Gasteiger partial charge in [0, 0.05) is 23.8 Å². The van der Waals surface area contributed by atoms with Gasteiger partial charge in [-0.25, -0.2) is 4.98 Å². The van der Waals surface area contributed by atoms with Crippen LogP contribution >= 0.6 is 22.7 Å². The second-order valence-electron chi connectivity index (χ2n) is 4.13. The molecular formula is C13H16N2O2S2. The Kier molecular flexibility index (Phi) is 4.93. The average molecular weight is 296 g/mol. The summed E-state index contributed by atoms with van der Waals surface area (Å²) in [4.78, 5) is 19.1. The van der Waals surface area contributed by atoms with Crippen LogP contribution in [0.2, 0.25) is 0 Å². The monoisotopic (exact) mass is 296 g/mol. The first-order valence-electron chi connectivity index (χ1n) is 5.94. The Bertz CT molecular complexity index is 522. The predicted molar refractivity (Wildman–Crippen MR) is 79.1 cm³/mol. The van der Waals surface area contributed by atoms with Gasteiger partial charge in [0.15, 0.2) is 5.13 Å². The summed E-state index contributed by atoms with van der Waals surface area (Å²) in [5, 5.41) is 4.94. The number of ether oxygens (including phenoxy) is 1. The number of thiazole rings is 1. The molecule has 6 heteroatoms. The van der Waals surface area contributed by atoms with Gasteiger partial charge in [-0.2, -0.15) is 0 Å². The van der Waals surface area contributed by atoms with Crippen molar-refractivity contribution in [3.8, 4) is 0 Å². The summed E-state index contributed by atoms with van der Waals surface area (Å²) in [6.07, 6.45) is 1.26. The van der Waals surface area contributed by atoms with Crippen LogP contribution in [-0.2, 0) is 22.4 Å². The number of aromatic nitrogens is 1. The molecule has 2 aromatic heterocycles. The van der Waals surface area contributed by atoms with Gasteiger partial charge in [-0.05, 0) is 17.9 Å². The number of carbonyl (C=O) groups is 1. The molecule has 2 heterocycles. The van der Waals surface area contributed by atoms with Gasteiger partial charge in [0.2, 0.25) is 0 Å². The van der Waals surface area contributed by atoms with Crippen LogP contribution in [0.4, 0.5) is 5.13 Å². The molecule has 0 aliphatic rings. The van der Waals surface area contributed by atoms with Crippen molar-refractivity contribution in [2.24, 2.45) is 0 Å². The molecule has 0 radical (unpaired) electrons. The summed E-state index contributed by atoms with van der Waals surface area (Å²) < 4.78 is 4.63. The molecule has 2 aromatic rings. The number of esters is 1. The van der Waals surface area contributed by atoms with Crippen molar-refractivity contribution in [3.05, 3.63) is 33.5 Å². The summed E-state index contributed by atoms with van der Waals surface area (Å²) in [5.41, 5.74) is 0.773. The zero-order chi connectivity index (χ0) is 13.7. The second kappa shape index (κ2) is 6.68. The first-order chi connectivity index (χ1) is 9.19. The number of rotatable bonds is 6. The van der Waals surface area contributed by atoms with Gasteiger partial charge in [-0.15, -0.1) is 22.7 Å². The van der Waals surface area contributed by atoms with Crippen molar-refractivity contribution in [3.63, 3.8) is 0 Å². The Balaban J connectivity index is 1.88. The first-order valence-corrected chi connectivity index (χ1v) is 7.69. The molecule has 0 aliphatic carbocycles. The molecule has 0 atom stereocenters. The van der Waals surface area contributed by atoms with Gasteiger partial charge < -0.3 is 9.64 Å². The minimum atomic E-state index is -0.252. The topological polar surface area (TPSA) is 42.4 Å². The quantitative estimate of drug-likeness (QED) is 0.769. The summed E-state index contributed by atoms with van der Waals surface area (Å²) >= 11 is 3.33. The molecule has 19 heavy (non-hydrogen) atoms. The summed E-state index contributed by atoms with van der Waals surface area (Å²) in [5.74, 6) is -0.252. The van der Waals surface area contributed by atoms with E-state index in [2.05, 4.69) is 32.1 Å². The van der Waals surface area contributed by atoms with Gasteiger partial charge in [0.25, 0.3) is 0 Å². The lowest BCUT2D eigenvalue weighted by Crippen LogP contribution is -2.19. The molecule has 0 fully saturated rings. The van der Waals surface area contributed by atoms with E-state index < -0.39 is 0 Å². The number of carbonyl (C=O) groups excluding carboxylic acids is 1. The maximum atomic E-state index is 11.2. The van der Waals surface area contributed by atoms with E-state index in [1.54, 1.807) is 22.7 Å². The second-order valence-corrected chi connectivity index (χ2v) is 5.99. The lowest BCUT2D eigenvalue weighted by atomic mass is 10.3. The molecule has 0 amide bonds. The Hall–Kier alpha value is -1.40. The fraction of sp³-hybridized carbons (Fsp3) is 0.385. The number of hydrogen-bond acceptors (Lipinski definition) is 6. The maximum Gasteiger partial charge on any atom is 0.311 e. The Morgan fingerprint density at radius 2 is 2.32 bits per heavy atom. The van der Waals surface area contributed by atoms with Gasteiger partial charge in [0.05, 0.1) is 19.2 Å². The van der Waals surface area contributed by atoms with E-state index in [1.807, 2.05) is 12.4 Å². The average Bonchev–Trinajstić information content (AvgIpc) is 3.07. The van der Waals surface area contributed by atoms with E-state index in [1.165, 1.54) is 12.0 Å². The first kappa shape index (κ1) is 14.0. The van der Waals surface area contributed by atoms with Crippen molar-refractivity contribution >= 4 is 33.8 Å². The van der Waals surface area contributed by atoms with Gasteiger partial charge in [-0.3, -0.25) is 4.79 Å². The number of likely N-dealkylation sites (N-methyl/N-ethyl adjacent to an activating group) is 1. The lowest BCUT2D eigenvalue weighted by Gasteiger charge is -2.14. The van der Waals surface area contributed by atoms with Crippen molar-refractivity contribution < 1.29 is 9.53 Å². The highest BCUT2D eigenvalue weighted by molar-refractivity contribution is 7.13. The summed E-state index contributed by atoms with van der Waals surface area (Å²) in [6, 6.07) is 4.21. The van der Waals surface area contributed by atoms with Crippen molar-refractivity contribution in [1.29, 1.82) is 0 Å². The Labute approximate surface area is 120 Å². The third-order valence-corrected chi connectivity index (χ3v) is 4.63. The molecule has 0 unspecified atom stereocenters. The van der Waals surface area contributed by atoms with Crippen LogP contribution in [0.5, 0.6) is 0 Å². The summed E-state index contributed by atoms with van der Waals surface area (Å²) in [6.45, 7) is 0.922. The fourth-order valence-corrected chi connectivity index (χ4v) is 3.12. The van der Waals surface area contributed by atoms with E-state index in [9.17, 15) is 4.79 Å². The van der Waals surface area contributed by atoms with E-state index in [0.29, 0.717) is 0 Å². The number of methoxy groups -OCH3 is 1. The van der Waals surface area contributed by atoms with Crippen molar-refractivity contribution in [2.75, 3.05) is 25.6 Å². The normalized spacial score (nSPS) is 10.4. The minimum absolute atomic E-state index is 0.242. The third kappa shape index (κ3) is 4.04. The molecule has 0 saturated heterocycles. The molecule has 0 aliphatic heterocycles. The Morgan fingerprint density at radius 3 is 3.00 bits per heavy atom. The van der Waals surface area contributed by atoms with Gasteiger partial charge in [0.1, 0.15) is 0 Å².